The number of hydrogen-bond donors (Lipinski definition) is 3. The van der Waals surface area contributed by atoms with Crippen molar-refractivity contribution < 1.29 is 14.7 Å². The van der Waals surface area contributed by atoms with Crippen LogP contribution >= 0.6 is 0 Å². The first-order chi connectivity index (χ1) is 9.58. The topological polar surface area (TPSA) is 92.4 Å². The molecule has 1 aromatic carbocycles. The third-order valence-electron chi connectivity index (χ3n) is 3.81. The molecule has 1 saturated carbocycles. The zero-order chi connectivity index (χ0) is 14.5. The van der Waals surface area contributed by atoms with Crippen LogP contribution in [-0.2, 0) is 4.79 Å². The lowest BCUT2D eigenvalue weighted by atomic mass is 9.94. The highest BCUT2D eigenvalue weighted by molar-refractivity contribution is 5.94. The molecule has 1 amide bonds. The van der Waals surface area contributed by atoms with E-state index in [1.54, 1.807) is 12.1 Å². The normalized spacial score (nSPS) is 22.9. The summed E-state index contributed by atoms with van der Waals surface area (Å²) in [5.74, 6) is -1.20. The molecule has 20 heavy (non-hydrogen) atoms. The molecule has 2 unspecified atom stereocenters. The van der Waals surface area contributed by atoms with Crippen molar-refractivity contribution in [1.29, 1.82) is 0 Å². The number of carbonyl (C=O) groups is 2. The lowest BCUT2D eigenvalue weighted by Crippen LogP contribution is -2.37. The fourth-order valence-electron chi connectivity index (χ4n) is 2.59. The average Bonchev–Trinajstić information content (AvgIpc) is 2.64. The molecule has 1 aromatic rings. The maximum atomic E-state index is 12.2. The van der Waals surface area contributed by atoms with Gasteiger partial charge in [-0.2, -0.15) is 0 Å². The van der Waals surface area contributed by atoms with Gasteiger partial charge in [0.25, 0.3) is 0 Å². The number of carboxylic acid groups (broad SMARTS) is 1. The number of anilines is 1. The Hall–Kier alpha value is -1.88. The molecule has 0 saturated heterocycles. The third-order valence-corrected chi connectivity index (χ3v) is 3.81. The van der Waals surface area contributed by atoms with Gasteiger partial charge < -0.3 is 16.2 Å². The van der Waals surface area contributed by atoms with Gasteiger partial charge in [0.2, 0.25) is 5.91 Å². The van der Waals surface area contributed by atoms with Gasteiger partial charge in [0.1, 0.15) is 0 Å². The van der Waals surface area contributed by atoms with E-state index in [2.05, 4.69) is 5.32 Å². The summed E-state index contributed by atoms with van der Waals surface area (Å²) in [6, 6.07) is 6.07. The van der Waals surface area contributed by atoms with Gasteiger partial charge in [-0.15, -0.1) is 0 Å². The van der Waals surface area contributed by atoms with E-state index in [1.807, 2.05) is 0 Å². The molecular weight excluding hydrogens is 256 g/mol. The molecule has 1 aliphatic rings. The lowest BCUT2D eigenvalue weighted by molar-refractivity contribution is -0.120. The largest absolute Gasteiger partial charge is 0.478 e. The smallest absolute Gasteiger partial charge is 0.335 e. The molecule has 0 radical (unpaired) electrons. The van der Waals surface area contributed by atoms with Crippen LogP contribution in [0.15, 0.2) is 24.3 Å². The van der Waals surface area contributed by atoms with E-state index in [0.717, 1.165) is 32.1 Å². The van der Waals surface area contributed by atoms with Crippen molar-refractivity contribution in [3.63, 3.8) is 0 Å². The van der Waals surface area contributed by atoms with Gasteiger partial charge in [-0.25, -0.2) is 4.79 Å². The number of amides is 1. The van der Waals surface area contributed by atoms with Crippen molar-refractivity contribution in [2.45, 2.75) is 38.1 Å². The quantitative estimate of drug-likeness (QED) is 0.738. The summed E-state index contributed by atoms with van der Waals surface area (Å²) in [5, 5.41) is 11.6. The Kier molecular flexibility index (Phi) is 4.74. The Bertz CT molecular complexity index is 484. The monoisotopic (exact) mass is 276 g/mol. The summed E-state index contributed by atoms with van der Waals surface area (Å²) in [4.78, 5) is 23.0. The predicted octanol–water partition coefficient (Wildman–Crippen LogP) is 2.23. The van der Waals surface area contributed by atoms with E-state index in [9.17, 15) is 9.59 Å². The fraction of sp³-hybridized carbons (Fsp3) is 0.467. The number of carbonyl (C=O) groups excluding carboxylic acids is 1. The first-order valence-electron chi connectivity index (χ1n) is 6.98. The van der Waals surface area contributed by atoms with Crippen molar-refractivity contribution >= 4 is 17.6 Å². The van der Waals surface area contributed by atoms with Crippen LogP contribution in [0.25, 0.3) is 0 Å². The Balaban J connectivity index is 2.01. The highest BCUT2D eigenvalue weighted by atomic mass is 16.4. The number of rotatable bonds is 3. The van der Waals surface area contributed by atoms with Crippen LogP contribution in [0.1, 0.15) is 42.5 Å². The first-order valence-corrected chi connectivity index (χ1v) is 6.98. The summed E-state index contributed by atoms with van der Waals surface area (Å²) in [7, 11) is 0. The summed E-state index contributed by atoms with van der Waals surface area (Å²) in [5.41, 5.74) is 6.87. The van der Waals surface area contributed by atoms with Crippen LogP contribution in [0.2, 0.25) is 0 Å². The van der Waals surface area contributed by atoms with Crippen LogP contribution in [0.3, 0.4) is 0 Å². The number of nitrogens with one attached hydrogen (secondary N) is 1. The molecule has 5 nitrogen and oxygen atoms in total. The zero-order valence-electron chi connectivity index (χ0n) is 11.3. The molecule has 1 aliphatic carbocycles. The maximum Gasteiger partial charge on any atom is 0.335 e. The molecule has 0 aliphatic heterocycles. The van der Waals surface area contributed by atoms with Gasteiger partial charge in [0, 0.05) is 11.7 Å². The van der Waals surface area contributed by atoms with Crippen molar-refractivity contribution in [1.82, 2.24) is 0 Å². The van der Waals surface area contributed by atoms with Gasteiger partial charge in [-0.05, 0) is 37.1 Å². The Morgan fingerprint density at radius 1 is 1.10 bits per heavy atom. The number of nitrogens with two attached hydrogens (primary N) is 1. The number of benzene rings is 1. The molecule has 0 aromatic heterocycles. The molecule has 2 rings (SSSR count). The molecular formula is C15H20N2O3. The minimum absolute atomic E-state index is 0.0672. The van der Waals surface area contributed by atoms with Gasteiger partial charge in [-0.1, -0.05) is 19.3 Å². The summed E-state index contributed by atoms with van der Waals surface area (Å²) in [6.45, 7) is 0. The molecule has 2 atom stereocenters. The number of aromatic carboxylic acids is 1. The second-order valence-electron chi connectivity index (χ2n) is 5.28. The first kappa shape index (κ1) is 14.5. The van der Waals surface area contributed by atoms with E-state index in [4.69, 9.17) is 10.8 Å². The molecule has 1 fully saturated rings. The summed E-state index contributed by atoms with van der Waals surface area (Å²) >= 11 is 0. The summed E-state index contributed by atoms with van der Waals surface area (Å²) < 4.78 is 0. The second-order valence-corrected chi connectivity index (χ2v) is 5.28. The van der Waals surface area contributed by atoms with Gasteiger partial charge in [0.05, 0.1) is 11.5 Å². The zero-order valence-corrected chi connectivity index (χ0v) is 11.3. The maximum absolute atomic E-state index is 12.2. The Labute approximate surface area is 118 Å². The fourth-order valence-corrected chi connectivity index (χ4v) is 2.59. The van der Waals surface area contributed by atoms with Gasteiger partial charge >= 0.3 is 5.97 Å². The average molecular weight is 276 g/mol. The van der Waals surface area contributed by atoms with E-state index in [-0.39, 0.29) is 23.4 Å². The van der Waals surface area contributed by atoms with Gasteiger partial charge in [-0.3, -0.25) is 4.79 Å². The molecule has 5 heteroatoms. The SMILES string of the molecule is NC1CCCCCC1C(=O)Nc1ccc(C(=O)O)cc1. The van der Waals surface area contributed by atoms with E-state index >= 15 is 0 Å². The van der Waals surface area contributed by atoms with Crippen LogP contribution < -0.4 is 11.1 Å². The Morgan fingerprint density at radius 2 is 1.75 bits per heavy atom. The van der Waals surface area contributed by atoms with Crippen molar-refractivity contribution in [3.8, 4) is 0 Å². The predicted molar refractivity (Wildman–Crippen MR) is 76.6 cm³/mol. The third kappa shape index (κ3) is 3.57. The second kappa shape index (κ2) is 6.52. The molecule has 0 heterocycles. The minimum atomic E-state index is -0.978. The van der Waals surface area contributed by atoms with Crippen LogP contribution in [-0.4, -0.2) is 23.0 Å². The van der Waals surface area contributed by atoms with Crippen LogP contribution in [0.4, 0.5) is 5.69 Å². The van der Waals surface area contributed by atoms with Crippen molar-refractivity contribution in [2.75, 3.05) is 5.32 Å². The van der Waals surface area contributed by atoms with E-state index in [0.29, 0.717) is 5.69 Å². The van der Waals surface area contributed by atoms with Gasteiger partial charge in [0.15, 0.2) is 0 Å². The van der Waals surface area contributed by atoms with Crippen LogP contribution in [0, 0.1) is 5.92 Å². The molecule has 4 N–H and O–H groups in total. The molecule has 0 bridgehead atoms. The number of carboxylic acids is 1. The lowest BCUT2D eigenvalue weighted by Gasteiger charge is -2.20. The highest BCUT2D eigenvalue weighted by Gasteiger charge is 2.26. The summed E-state index contributed by atoms with van der Waals surface area (Å²) in [6.07, 6.45) is 4.95. The van der Waals surface area contributed by atoms with Crippen molar-refractivity contribution in [2.24, 2.45) is 11.7 Å². The highest BCUT2D eigenvalue weighted by Crippen LogP contribution is 2.23. The molecule has 0 spiro atoms. The number of hydrogen-bond acceptors (Lipinski definition) is 3. The minimum Gasteiger partial charge on any atom is -0.478 e. The van der Waals surface area contributed by atoms with Crippen LogP contribution in [0.5, 0.6) is 0 Å². The van der Waals surface area contributed by atoms with E-state index < -0.39 is 5.97 Å². The molecule has 108 valence electrons. The van der Waals surface area contributed by atoms with Crippen molar-refractivity contribution in [3.05, 3.63) is 29.8 Å². The van der Waals surface area contributed by atoms with E-state index in [1.165, 1.54) is 12.1 Å². The Morgan fingerprint density at radius 3 is 2.40 bits per heavy atom. The standard InChI is InChI=1S/C15H20N2O3/c16-13-5-3-1-2-4-12(13)14(18)17-11-8-6-10(7-9-11)15(19)20/h6-9,12-13H,1-5,16H2,(H,17,18)(H,19,20).